The van der Waals surface area contributed by atoms with E-state index in [1.807, 2.05) is 6.92 Å². The fourth-order valence-corrected chi connectivity index (χ4v) is 2.44. The second-order valence-corrected chi connectivity index (χ2v) is 5.70. The van der Waals surface area contributed by atoms with E-state index >= 15 is 0 Å². The van der Waals surface area contributed by atoms with Gasteiger partial charge >= 0.3 is 0 Å². The van der Waals surface area contributed by atoms with Crippen LogP contribution >= 0.6 is 0 Å². The molecule has 0 radical (unpaired) electrons. The highest BCUT2D eigenvalue weighted by molar-refractivity contribution is 5.51. The predicted molar refractivity (Wildman–Crippen MR) is 84.7 cm³/mol. The Kier molecular flexibility index (Phi) is 5.17. The zero-order valence-electron chi connectivity index (χ0n) is 13.3. The van der Waals surface area contributed by atoms with Gasteiger partial charge in [0.1, 0.15) is 17.5 Å². The van der Waals surface area contributed by atoms with Gasteiger partial charge in [-0.25, -0.2) is 9.97 Å². The van der Waals surface area contributed by atoms with Gasteiger partial charge in [0.05, 0.1) is 0 Å². The molecule has 1 aromatic heterocycles. The van der Waals surface area contributed by atoms with E-state index in [0.717, 1.165) is 50.2 Å². The Morgan fingerprint density at radius 2 is 1.90 bits per heavy atom. The molecule has 0 amide bonds. The van der Waals surface area contributed by atoms with Crippen LogP contribution in [0.1, 0.15) is 25.6 Å². The molecule has 0 saturated carbocycles. The number of aromatic nitrogens is 2. The highest BCUT2D eigenvalue weighted by atomic mass is 15.3. The standard InChI is InChI=1S/C15H27N5/c1-5-6-7-19(4)14-12-15(17-13(2)16-14)20-10-8-18(3)9-11-20/h12H,5-11H2,1-4H3. The van der Waals surface area contributed by atoms with Crippen molar-refractivity contribution in [3.05, 3.63) is 11.9 Å². The maximum absolute atomic E-state index is 4.61. The summed E-state index contributed by atoms with van der Waals surface area (Å²) >= 11 is 0. The number of nitrogens with zero attached hydrogens (tertiary/aromatic N) is 5. The van der Waals surface area contributed by atoms with Gasteiger partial charge < -0.3 is 14.7 Å². The zero-order chi connectivity index (χ0) is 14.5. The number of hydrogen-bond acceptors (Lipinski definition) is 5. The van der Waals surface area contributed by atoms with Crippen LogP contribution in [0.25, 0.3) is 0 Å². The van der Waals surface area contributed by atoms with Crippen LogP contribution in [0.5, 0.6) is 0 Å². The summed E-state index contributed by atoms with van der Waals surface area (Å²) < 4.78 is 0. The average Bonchev–Trinajstić information content (AvgIpc) is 2.44. The van der Waals surface area contributed by atoms with Crippen LogP contribution in [-0.4, -0.2) is 61.7 Å². The average molecular weight is 277 g/mol. The van der Waals surface area contributed by atoms with Gasteiger partial charge in [0, 0.05) is 45.8 Å². The van der Waals surface area contributed by atoms with Crippen LogP contribution in [0.15, 0.2) is 6.07 Å². The molecule has 5 nitrogen and oxygen atoms in total. The largest absolute Gasteiger partial charge is 0.360 e. The molecule has 2 rings (SSSR count). The van der Waals surface area contributed by atoms with E-state index in [1.54, 1.807) is 0 Å². The molecular formula is C15H27N5. The normalized spacial score (nSPS) is 16.5. The zero-order valence-corrected chi connectivity index (χ0v) is 13.3. The van der Waals surface area contributed by atoms with Gasteiger partial charge in [0.15, 0.2) is 0 Å². The van der Waals surface area contributed by atoms with Gasteiger partial charge in [-0.1, -0.05) is 13.3 Å². The van der Waals surface area contributed by atoms with E-state index in [2.05, 4.69) is 51.8 Å². The molecule has 0 atom stereocenters. The maximum Gasteiger partial charge on any atom is 0.134 e. The van der Waals surface area contributed by atoms with Gasteiger partial charge in [-0.2, -0.15) is 0 Å². The summed E-state index contributed by atoms with van der Waals surface area (Å²) in [6.45, 7) is 9.55. The number of piperazine rings is 1. The first kappa shape index (κ1) is 15.0. The Morgan fingerprint density at radius 1 is 1.20 bits per heavy atom. The first-order valence-corrected chi connectivity index (χ1v) is 7.60. The molecule has 1 aromatic rings. The molecule has 1 aliphatic rings. The molecule has 20 heavy (non-hydrogen) atoms. The molecule has 5 heteroatoms. The monoisotopic (exact) mass is 277 g/mol. The fraction of sp³-hybridized carbons (Fsp3) is 0.733. The lowest BCUT2D eigenvalue weighted by Crippen LogP contribution is -2.45. The van der Waals surface area contributed by atoms with E-state index < -0.39 is 0 Å². The third kappa shape index (κ3) is 3.82. The quantitative estimate of drug-likeness (QED) is 0.820. The number of likely N-dealkylation sites (N-methyl/N-ethyl adjacent to an activating group) is 1. The summed E-state index contributed by atoms with van der Waals surface area (Å²) in [5, 5.41) is 0. The summed E-state index contributed by atoms with van der Waals surface area (Å²) in [4.78, 5) is 16.1. The minimum absolute atomic E-state index is 0.861. The van der Waals surface area contributed by atoms with Crippen molar-refractivity contribution in [3.63, 3.8) is 0 Å². The number of aryl methyl sites for hydroxylation is 1. The number of anilines is 2. The molecule has 0 spiro atoms. The van der Waals surface area contributed by atoms with Crippen molar-refractivity contribution in [2.75, 3.05) is 56.6 Å². The topological polar surface area (TPSA) is 35.5 Å². The minimum Gasteiger partial charge on any atom is -0.360 e. The first-order valence-electron chi connectivity index (χ1n) is 7.60. The van der Waals surface area contributed by atoms with E-state index in [0.29, 0.717) is 0 Å². The molecule has 112 valence electrons. The number of unbranched alkanes of at least 4 members (excludes halogenated alkanes) is 1. The van der Waals surface area contributed by atoms with Crippen LogP contribution in [0.2, 0.25) is 0 Å². The third-order valence-corrected chi connectivity index (χ3v) is 3.88. The Labute approximate surface area is 122 Å². The van der Waals surface area contributed by atoms with Crippen molar-refractivity contribution in [1.29, 1.82) is 0 Å². The van der Waals surface area contributed by atoms with Crippen LogP contribution < -0.4 is 9.80 Å². The molecule has 0 unspecified atom stereocenters. The van der Waals surface area contributed by atoms with Crippen LogP contribution in [0.4, 0.5) is 11.6 Å². The van der Waals surface area contributed by atoms with Crippen LogP contribution in [0, 0.1) is 6.92 Å². The summed E-state index contributed by atoms with van der Waals surface area (Å²) in [5.41, 5.74) is 0. The lowest BCUT2D eigenvalue weighted by Gasteiger charge is -2.33. The van der Waals surface area contributed by atoms with Gasteiger partial charge in [-0.3, -0.25) is 0 Å². The smallest absolute Gasteiger partial charge is 0.134 e. The highest BCUT2D eigenvalue weighted by Gasteiger charge is 2.17. The highest BCUT2D eigenvalue weighted by Crippen LogP contribution is 2.19. The summed E-state index contributed by atoms with van der Waals surface area (Å²) in [6.07, 6.45) is 2.41. The third-order valence-electron chi connectivity index (χ3n) is 3.88. The molecule has 1 aliphatic heterocycles. The summed E-state index contributed by atoms with van der Waals surface area (Å²) in [6, 6.07) is 2.13. The van der Waals surface area contributed by atoms with E-state index in [9.17, 15) is 0 Å². The molecule has 0 aromatic carbocycles. The predicted octanol–water partition coefficient (Wildman–Crippen LogP) is 1.77. The first-order chi connectivity index (χ1) is 9.60. The Morgan fingerprint density at radius 3 is 2.55 bits per heavy atom. The Balaban J connectivity index is 2.11. The molecule has 0 bridgehead atoms. The minimum atomic E-state index is 0.861. The van der Waals surface area contributed by atoms with Crippen LogP contribution in [-0.2, 0) is 0 Å². The maximum atomic E-state index is 4.61. The van der Waals surface area contributed by atoms with Gasteiger partial charge in [0.25, 0.3) is 0 Å². The molecule has 0 aliphatic carbocycles. The Hall–Kier alpha value is -1.36. The van der Waals surface area contributed by atoms with Gasteiger partial charge in [-0.05, 0) is 20.4 Å². The molecule has 2 heterocycles. The molecular weight excluding hydrogens is 250 g/mol. The summed E-state index contributed by atoms with van der Waals surface area (Å²) in [5.74, 6) is 2.98. The molecule has 1 saturated heterocycles. The molecule has 1 fully saturated rings. The van der Waals surface area contributed by atoms with Crippen molar-refractivity contribution < 1.29 is 0 Å². The van der Waals surface area contributed by atoms with E-state index in [4.69, 9.17) is 0 Å². The van der Waals surface area contributed by atoms with E-state index in [1.165, 1.54) is 12.8 Å². The van der Waals surface area contributed by atoms with Crippen LogP contribution in [0.3, 0.4) is 0 Å². The number of hydrogen-bond donors (Lipinski definition) is 0. The SMILES string of the molecule is CCCCN(C)c1cc(N2CCN(C)CC2)nc(C)n1. The van der Waals surface area contributed by atoms with Crippen molar-refractivity contribution in [1.82, 2.24) is 14.9 Å². The van der Waals surface area contributed by atoms with E-state index in [-0.39, 0.29) is 0 Å². The second-order valence-electron chi connectivity index (χ2n) is 5.70. The number of rotatable bonds is 5. The van der Waals surface area contributed by atoms with Crippen molar-refractivity contribution in [2.45, 2.75) is 26.7 Å². The van der Waals surface area contributed by atoms with Crippen molar-refractivity contribution in [2.24, 2.45) is 0 Å². The fourth-order valence-electron chi connectivity index (χ4n) is 2.44. The van der Waals surface area contributed by atoms with Crippen molar-refractivity contribution >= 4 is 11.6 Å². The van der Waals surface area contributed by atoms with Crippen molar-refractivity contribution in [3.8, 4) is 0 Å². The van der Waals surface area contributed by atoms with Gasteiger partial charge in [0.2, 0.25) is 0 Å². The Bertz CT molecular complexity index is 426. The lowest BCUT2D eigenvalue weighted by atomic mass is 10.3. The summed E-state index contributed by atoms with van der Waals surface area (Å²) in [7, 11) is 4.29. The second kappa shape index (κ2) is 6.88. The lowest BCUT2D eigenvalue weighted by molar-refractivity contribution is 0.312. The molecule has 0 N–H and O–H groups in total. The van der Waals surface area contributed by atoms with Gasteiger partial charge in [-0.15, -0.1) is 0 Å².